The zero-order valence-electron chi connectivity index (χ0n) is 17.6. The van der Waals surface area contributed by atoms with Gasteiger partial charge in [-0.05, 0) is 59.9 Å². The number of benzene rings is 3. The largest absolute Gasteiger partial charge is 0.494 e. The molecule has 1 aliphatic rings. The Morgan fingerprint density at radius 2 is 1.68 bits per heavy atom. The zero-order valence-corrected chi connectivity index (χ0v) is 17.6. The van der Waals surface area contributed by atoms with Crippen molar-refractivity contribution in [1.82, 2.24) is 10.2 Å². The maximum Gasteiger partial charge on any atom is 0.251 e. The first-order valence-electron chi connectivity index (χ1n) is 10.6. The summed E-state index contributed by atoms with van der Waals surface area (Å²) in [6.07, 6.45) is 0.808. The molecule has 1 heterocycles. The highest BCUT2D eigenvalue weighted by atomic mass is 16.5. The molecule has 0 fully saturated rings. The zero-order chi connectivity index (χ0) is 21.6. The second-order valence-corrected chi connectivity index (χ2v) is 7.55. The Hall–Kier alpha value is -3.60. The molecule has 4 rings (SSSR count). The third-order valence-corrected chi connectivity index (χ3v) is 5.51. The fourth-order valence-electron chi connectivity index (χ4n) is 3.82. The van der Waals surface area contributed by atoms with Gasteiger partial charge < -0.3 is 15.0 Å². The van der Waals surface area contributed by atoms with Crippen LogP contribution >= 0.6 is 0 Å². The summed E-state index contributed by atoms with van der Waals surface area (Å²) in [4.78, 5) is 27.0. The summed E-state index contributed by atoms with van der Waals surface area (Å²) in [6, 6.07) is 23.5. The Bertz CT molecular complexity index is 1060. The van der Waals surface area contributed by atoms with E-state index in [0.717, 1.165) is 28.9 Å². The van der Waals surface area contributed by atoms with Crippen molar-refractivity contribution in [3.8, 4) is 16.9 Å². The molecule has 0 aliphatic carbocycles. The van der Waals surface area contributed by atoms with Gasteiger partial charge in [-0.1, -0.05) is 48.5 Å². The Kier molecular flexibility index (Phi) is 6.32. The number of fused-ring (bicyclic) bond motifs is 1. The number of amides is 2. The van der Waals surface area contributed by atoms with Gasteiger partial charge in [-0.3, -0.25) is 9.59 Å². The standard InChI is InChI=1S/C26H26N2O3/c1-2-31-24-13-12-21-14-15-28(18-23(21)16-24)25(29)17-27-26(30)22-10-8-20(9-11-22)19-6-4-3-5-7-19/h3-13,16H,2,14-15,17-18H2,1H3,(H,27,30). The minimum absolute atomic E-state index is 0.0141. The van der Waals surface area contributed by atoms with Crippen LogP contribution in [0.3, 0.4) is 0 Å². The number of ether oxygens (including phenoxy) is 1. The Morgan fingerprint density at radius 3 is 2.42 bits per heavy atom. The normalized spacial score (nSPS) is 12.7. The first-order valence-corrected chi connectivity index (χ1v) is 10.6. The van der Waals surface area contributed by atoms with E-state index in [9.17, 15) is 9.59 Å². The molecule has 0 bridgehead atoms. The summed E-state index contributed by atoms with van der Waals surface area (Å²) in [7, 11) is 0. The number of hydrogen-bond donors (Lipinski definition) is 1. The highest BCUT2D eigenvalue weighted by molar-refractivity contribution is 5.96. The summed E-state index contributed by atoms with van der Waals surface area (Å²) < 4.78 is 5.57. The average Bonchev–Trinajstić information content (AvgIpc) is 2.82. The minimum atomic E-state index is -0.246. The summed E-state index contributed by atoms with van der Waals surface area (Å²) in [6.45, 7) is 3.74. The molecule has 3 aromatic rings. The van der Waals surface area contributed by atoms with Crippen LogP contribution in [0, 0.1) is 0 Å². The highest BCUT2D eigenvalue weighted by Gasteiger charge is 2.21. The smallest absolute Gasteiger partial charge is 0.251 e. The van der Waals surface area contributed by atoms with Crippen molar-refractivity contribution in [2.45, 2.75) is 19.9 Å². The van der Waals surface area contributed by atoms with E-state index in [0.29, 0.717) is 25.3 Å². The van der Waals surface area contributed by atoms with E-state index in [-0.39, 0.29) is 18.4 Å². The van der Waals surface area contributed by atoms with Gasteiger partial charge in [0.2, 0.25) is 5.91 Å². The van der Waals surface area contributed by atoms with Crippen LogP contribution in [-0.2, 0) is 17.8 Å². The Labute approximate surface area is 182 Å². The molecule has 3 aromatic carbocycles. The van der Waals surface area contributed by atoms with Gasteiger partial charge in [0.25, 0.3) is 5.91 Å². The third kappa shape index (κ3) is 4.94. The molecule has 2 amide bonds. The molecular formula is C26H26N2O3. The van der Waals surface area contributed by atoms with Crippen LogP contribution in [-0.4, -0.2) is 36.4 Å². The number of rotatable bonds is 6. The van der Waals surface area contributed by atoms with Crippen molar-refractivity contribution in [1.29, 1.82) is 0 Å². The first kappa shape index (κ1) is 20.7. The molecule has 158 valence electrons. The van der Waals surface area contributed by atoms with Crippen LogP contribution in [0.1, 0.15) is 28.4 Å². The minimum Gasteiger partial charge on any atom is -0.494 e. The number of carbonyl (C=O) groups excluding carboxylic acids is 2. The summed E-state index contributed by atoms with van der Waals surface area (Å²) in [5.74, 6) is 0.494. The molecule has 5 nitrogen and oxygen atoms in total. The van der Waals surface area contributed by atoms with E-state index in [1.54, 1.807) is 17.0 Å². The number of carbonyl (C=O) groups is 2. The molecule has 1 aliphatic heterocycles. The van der Waals surface area contributed by atoms with Gasteiger partial charge in [-0.25, -0.2) is 0 Å². The third-order valence-electron chi connectivity index (χ3n) is 5.51. The van der Waals surface area contributed by atoms with E-state index in [1.165, 1.54) is 5.56 Å². The van der Waals surface area contributed by atoms with E-state index in [2.05, 4.69) is 11.4 Å². The topological polar surface area (TPSA) is 58.6 Å². The van der Waals surface area contributed by atoms with E-state index in [1.807, 2.05) is 61.5 Å². The predicted octanol–water partition coefficient (Wildman–Crippen LogP) is 4.07. The van der Waals surface area contributed by atoms with E-state index >= 15 is 0 Å². The van der Waals surface area contributed by atoms with Crippen LogP contribution in [0.15, 0.2) is 72.8 Å². The van der Waals surface area contributed by atoms with Crippen molar-refractivity contribution in [3.63, 3.8) is 0 Å². The summed E-state index contributed by atoms with van der Waals surface area (Å²) in [5.41, 5.74) is 5.04. The van der Waals surface area contributed by atoms with Gasteiger partial charge in [-0.2, -0.15) is 0 Å². The summed E-state index contributed by atoms with van der Waals surface area (Å²) >= 11 is 0. The monoisotopic (exact) mass is 414 g/mol. The molecule has 0 radical (unpaired) electrons. The maximum absolute atomic E-state index is 12.7. The number of nitrogens with zero attached hydrogens (tertiary/aromatic N) is 1. The van der Waals surface area contributed by atoms with Crippen molar-refractivity contribution < 1.29 is 14.3 Å². The van der Waals surface area contributed by atoms with Crippen molar-refractivity contribution in [3.05, 3.63) is 89.5 Å². The van der Waals surface area contributed by atoms with Crippen molar-refractivity contribution >= 4 is 11.8 Å². The molecule has 0 atom stereocenters. The lowest BCUT2D eigenvalue weighted by atomic mass is 9.99. The summed E-state index contributed by atoms with van der Waals surface area (Å²) in [5, 5.41) is 2.76. The van der Waals surface area contributed by atoms with Gasteiger partial charge in [0.05, 0.1) is 13.2 Å². The molecule has 0 saturated heterocycles. The molecule has 0 spiro atoms. The maximum atomic E-state index is 12.7. The Morgan fingerprint density at radius 1 is 0.935 bits per heavy atom. The van der Waals surface area contributed by atoms with Gasteiger partial charge in [0, 0.05) is 18.7 Å². The quantitative estimate of drug-likeness (QED) is 0.662. The number of hydrogen-bond acceptors (Lipinski definition) is 3. The van der Waals surface area contributed by atoms with Gasteiger partial charge in [0.15, 0.2) is 0 Å². The molecule has 0 saturated carbocycles. The lowest BCUT2D eigenvalue weighted by Gasteiger charge is -2.29. The first-order chi connectivity index (χ1) is 15.1. The van der Waals surface area contributed by atoms with E-state index < -0.39 is 0 Å². The van der Waals surface area contributed by atoms with Crippen molar-refractivity contribution in [2.24, 2.45) is 0 Å². The van der Waals surface area contributed by atoms with Gasteiger partial charge in [0.1, 0.15) is 5.75 Å². The lowest BCUT2D eigenvalue weighted by Crippen LogP contribution is -2.42. The molecule has 5 heteroatoms. The second-order valence-electron chi connectivity index (χ2n) is 7.55. The van der Waals surface area contributed by atoms with Crippen LogP contribution in [0.5, 0.6) is 5.75 Å². The van der Waals surface area contributed by atoms with Crippen molar-refractivity contribution in [2.75, 3.05) is 19.7 Å². The molecular weight excluding hydrogens is 388 g/mol. The molecule has 1 N–H and O–H groups in total. The second kappa shape index (κ2) is 9.47. The van der Waals surface area contributed by atoms with E-state index in [4.69, 9.17) is 4.74 Å². The number of nitrogens with one attached hydrogen (secondary N) is 1. The lowest BCUT2D eigenvalue weighted by molar-refractivity contribution is -0.131. The molecule has 31 heavy (non-hydrogen) atoms. The average molecular weight is 415 g/mol. The Balaban J connectivity index is 1.33. The van der Waals surface area contributed by atoms with Gasteiger partial charge >= 0.3 is 0 Å². The molecule has 0 aromatic heterocycles. The van der Waals surface area contributed by atoms with Gasteiger partial charge in [-0.15, -0.1) is 0 Å². The van der Waals surface area contributed by atoms with Crippen LogP contribution in [0.25, 0.3) is 11.1 Å². The predicted molar refractivity (Wildman–Crippen MR) is 121 cm³/mol. The fraction of sp³-hybridized carbons (Fsp3) is 0.231. The molecule has 0 unspecified atom stereocenters. The highest BCUT2D eigenvalue weighted by Crippen LogP contribution is 2.24. The SMILES string of the molecule is CCOc1ccc2c(c1)CN(C(=O)CNC(=O)c1ccc(-c3ccccc3)cc1)CC2. The van der Waals surface area contributed by atoms with Crippen LogP contribution < -0.4 is 10.1 Å². The fourth-order valence-corrected chi connectivity index (χ4v) is 3.82. The van der Waals surface area contributed by atoms with Crippen LogP contribution in [0.2, 0.25) is 0 Å². The van der Waals surface area contributed by atoms with Crippen LogP contribution in [0.4, 0.5) is 0 Å².